The lowest BCUT2D eigenvalue weighted by molar-refractivity contribution is -0.136. The topological polar surface area (TPSA) is 25.2 Å². The third-order valence-electron chi connectivity index (χ3n) is 5.32. The molecule has 1 fully saturated rings. The van der Waals surface area contributed by atoms with Crippen LogP contribution < -0.4 is 0 Å². The minimum atomic E-state index is -0.211. The fraction of sp³-hybridized carbons (Fsp3) is 0.500. The van der Waals surface area contributed by atoms with E-state index >= 15 is 0 Å². The monoisotopic (exact) mass is 356 g/mol. The number of amides is 1. The lowest BCUT2D eigenvalue weighted by Crippen LogP contribution is -2.36. The highest BCUT2D eigenvalue weighted by atomic mass is 19.1. The Labute approximate surface area is 155 Å². The lowest BCUT2D eigenvalue weighted by atomic mass is 10.1. The molecule has 1 aromatic carbocycles. The molecule has 140 valence electrons. The molecule has 4 heteroatoms. The Hall–Kier alpha value is -2.10. The molecule has 0 radical (unpaired) electrons. The van der Waals surface area contributed by atoms with Gasteiger partial charge in [0.05, 0.1) is 6.54 Å². The van der Waals surface area contributed by atoms with Gasteiger partial charge in [0.25, 0.3) is 0 Å². The van der Waals surface area contributed by atoms with Gasteiger partial charge in [-0.2, -0.15) is 0 Å². The number of nitrogens with zero attached hydrogens (tertiary/aromatic N) is 2. The van der Waals surface area contributed by atoms with Gasteiger partial charge in [0.2, 0.25) is 5.91 Å². The van der Waals surface area contributed by atoms with Crippen LogP contribution in [-0.4, -0.2) is 21.9 Å². The van der Waals surface area contributed by atoms with E-state index in [0.29, 0.717) is 19.0 Å². The van der Waals surface area contributed by atoms with Gasteiger partial charge >= 0.3 is 0 Å². The van der Waals surface area contributed by atoms with Crippen molar-refractivity contribution >= 4 is 5.91 Å². The van der Waals surface area contributed by atoms with E-state index in [-0.39, 0.29) is 11.7 Å². The Balaban J connectivity index is 1.72. The lowest BCUT2D eigenvalue weighted by Gasteiger charge is -2.26. The smallest absolute Gasteiger partial charge is 0.226 e. The van der Waals surface area contributed by atoms with Crippen LogP contribution in [0.15, 0.2) is 42.6 Å². The third kappa shape index (κ3) is 4.75. The van der Waals surface area contributed by atoms with Gasteiger partial charge in [0, 0.05) is 30.9 Å². The second-order valence-corrected chi connectivity index (χ2v) is 7.35. The second kappa shape index (κ2) is 9.02. The summed E-state index contributed by atoms with van der Waals surface area (Å²) in [4.78, 5) is 15.0. The normalized spacial score (nSPS) is 14.7. The van der Waals surface area contributed by atoms with Crippen LogP contribution in [0.2, 0.25) is 0 Å². The second-order valence-electron chi connectivity index (χ2n) is 7.35. The highest BCUT2D eigenvalue weighted by Crippen LogP contribution is 2.27. The van der Waals surface area contributed by atoms with E-state index in [4.69, 9.17) is 0 Å². The van der Waals surface area contributed by atoms with Gasteiger partial charge in [0.15, 0.2) is 0 Å². The molecule has 26 heavy (non-hydrogen) atoms. The van der Waals surface area contributed by atoms with Gasteiger partial charge in [-0.3, -0.25) is 4.79 Å². The number of hydrogen-bond acceptors (Lipinski definition) is 1. The van der Waals surface area contributed by atoms with Crippen LogP contribution in [0.5, 0.6) is 0 Å². The first-order valence-electron chi connectivity index (χ1n) is 9.84. The number of carbonyl (C=O) groups excluding carboxylic acids is 1. The van der Waals surface area contributed by atoms with Crippen molar-refractivity contribution in [3.8, 4) is 0 Å². The van der Waals surface area contributed by atoms with Gasteiger partial charge in [-0.15, -0.1) is 0 Å². The number of halogens is 1. The summed E-state index contributed by atoms with van der Waals surface area (Å²) in [6.07, 6.45) is 8.54. The molecule has 0 N–H and O–H groups in total. The fourth-order valence-electron chi connectivity index (χ4n) is 3.82. The predicted molar refractivity (Wildman–Crippen MR) is 102 cm³/mol. The molecule has 1 aliphatic carbocycles. The molecule has 1 saturated carbocycles. The molecule has 0 unspecified atom stereocenters. The zero-order valence-electron chi connectivity index (χ0n) is 15.7. The Morgan fingerprint density at radius 3 is 2.77 bits per heavy atom. The molecule has 0 aliphatic heterocycles. The average Bonchev–Trinajstić information content (AvgIpc) is 3.30. The molecule has 0 saturated heterocycles. The van der Waals surface area contributed by atoms with Crippen molar-refractivity contribution in [3.05, 3.63) is 59.7 Å². The van der Waals surface area contributed by atoms with E-state index in [1.807, 2.05) is 23.2 Å². The Bertz CT molecular complexity index is 718. The van der Waals surface area contributed by atoms with Crippen LogP contribution in [0, 0.1) is 11.7 Å². The summed E-state index contributed by atoms with van der Waals surface area (Å²) in [5.41, 5.74) is 2.04. The standard InChI is InChI=1S/C22H29FN2O/c1-2-3-13-25(22(26)19-9-4-5-10-19)17-21-12-7-14-24(21)16-18-8-6-11-20(23)15-18/h6-8,11-12,14-15,19H,2-5,9-10,13,16-17H2,1H3. The summed E-state index contributed by atoms with van der Waals surface area (Å²) in [6.45, 7) is 4.23. The minimum Gasteiger partial charge on any atom is -0.345 e. The average molecular weight is 356 g/mol. The summed E-state index contributed by atoms with van der Waals surface area (Å²) in [5, 5.41) is 0. The highest BCUT2D eigenvalue weighted by Gasteiger charge is 2.27. The van der Waals surface area contributed by atoms with Gasteiger partial charge < -0.3 is 9.47 Å². The van der Waals surface area contributed by atoms with E-state index in [2.05, 4.69) is 17.6 Å². The van der Waals surface area contributed by atoms with Crippen molar-refractivity contribution in [2.45, 2.75) is 58.5 Å². The van der Waals surface area contributed by atoms with Crippen molar-refractivity contribution in [1.29, 1.82) is 0 Å². The van der Waals surface area contributed by atoms with Crippen LogP contribution in [0.25, 0.3) is 0 Å². The van der Waals surface area contributed by atoms with E-state index in [9.17, 15) is 9.18 Å². The number of unbranched alkanes of at least 4 members (excludes halogenated alkanes) is 1. The number of rotatable bonds is 8. The zero-order valence-corrected chi connectivity index (χ0v) is 15.7. The summed E-state index contributed by atoms with van der Waals surface area (Å²) >= 11 is 0. The number of aromatic nitrogens is 1. The first-order valence-corrected chi connectivity index (χ1v) is 9.84. The van der Waals surface area contributed by atoms with Crippen molar-refractivity contribution in [2.24, 2.45) is 5.92 Å². The van der Waals surface area contributed by atoms with Crippen LogP contribution >= 0.6 is 0 Å². The number of hydrogen-bond donors (Lipinski definition) is 0. The molecule has 2 aromatic rings. The highest BCUT2D eigenvalue weighted by molar-refractivity contribution is 5.79. The first kappa shape index (κ1) is 18.7. The Morgan fingerprint density at radius 2 is 2.04 bits per heavy atom. The maximum Gasteiger partial charge on any atom is 0.226 e. The predicted octanol–water partition coefficient (Wildman–Crippen LogP) is 4.99. The fourth-order valence-corrected chi connectivity index (χ4v) is 3.82. The van der Waals surface area contributed by atoms with Crippen molar-refractivity contribution < 1.29 is 9.18 Å². The SMILES string of the molecule is CCCCN(Cc1cccn1Cc1cccc(F)c1)C(=O)C1CCCC1. The molecule has 3 rings (SSSR count). The molecule has 3 nitrogen and oxygen atoms in total. The van der Waals surface area contributed by atoms with Crippen LogP contribution in [0.4, 0.5) is 4.39 Å². The van der Waals surface area contributed by atoms with Crippen LogP contribution in [-0.2, 0) is 17.9 Å². The van der Waals surface area contributed by atoms with Crippen molar-refractivity contribution in [2.75, 3.05) is 6.54 Å². The summed E-state index contributed by atoms with van der Waals surface area (Å²) in [7, 11) is 0. The summed E-state index contributed by atoms with van der Waals surface area (Å²) in [6, 6.07) is 10.8. The molecule has 0 bridgehead atoms. The molecular weight excluding hydrogens is 327 g/mol. The van der Waals surface area contributed by atoms with Gasteiger partial charge in [0.1, 0.15) is 5.82 Å². The van der Waals surface area contributed by atoms with Crippen molar-refractivity contribution in [3.63, 3.8) is 0 Å². The largest absolute Gasteiger partial charge is 0.345 e. The van der Waals surface area contributed by atoms with Gasteiger partial charge in [-0.25, -0.2) is 4.39 Å². The molecular formula is C22H29FN2O. The van der Waals surface area contributed by atoms with Crippen LogP contribution in [0.3, 0.4) is 0 Å². The Morgan fingerprint density at radius 1 is 1.23 bits per heavy atom. The maximum atomic E-state index is 13.5. The first-order chi connectivity index (χ1) is 12.7. The summed E-state index contributed by atoms with van der Waals surface area (Å²) < 4.78 is 15.6. The van der Waals surface area contributed by atoms with Crippen LogP contribution in [0.1, 0.15) is 56.7 Å². The number of benzene rings is 1. The minimum absolute atomic E-state index is 0.207. The summed E-state index contributed by atoms with van der Waals surface area (Å²) in [5.74, 6) is 0.310. The maximum absolute atomic E-state index is 13.5. The van der Waals surface area contributed by atoms with E-state index in [1.54, 1.807) is 12.1 Å². The Kier molecular flexibility index (Phi) is 6.48. The van der Waals surface area contributed by atoms with E-state index in [1.165, 1.54) is 18.9 Å². The molecule has 1 aliphatic rings. The van der Waals surface area contributed by atoms with E-state index in [0.717, 1.165) is 43.5 Å². The molecule has 0 atom stereocenters. The van der Waals surface area contributed by atoms with E-state index < -0.39 is 0 Å². The molecule has 0 spiro atoms. The van der Waals surface area contributed by atoms with Crippen molar-refractivity contribution in [1.82, 2.24) is 9.47 Å². The number of carbonyl (C=O) groups is 1. The van der Waals surface area contributed by atoms with Gasteiger partial charge in [-0.05, 0) is 49.1 Å². The van der Waals surface area contributed by atoms with Gasteiger partial charge in [-0.1, -0.05) is 38.3 Å². The zero-order chi connectivity index (χ0) is 18.4. The quantitative estimate of drug-likeness (QED) is 0.654. The molecule has 1 aromatic heterocycles. The molecule has 1 heterocycles. The molecule has 1 amide bonds. The third-order valence-corrected chi connectivity index (χ3v) is 5.32.